The molecule has 1 heterocycles. The number of hydrogen-bond acceptors (Lipinski definition) is 3. The van der Waals surface area contributed by atoms with Crippen LogP contribution in [0.4, 0.5) is 5.69 Å². The van der Waals surface area contributed by atoms with Crippen molar-refractivity contribution in [3.63, 3.8) is 0 Å². The lowest BCUT2D eigenvalue weighted by Gasteiger charge is -2.32. The first kappa shape index (κ1) is 12.8. The smallest absolute Gasteiger partial charge is 0.307 e. The number of fused-ring (bicyclic) bond motifs is 1. The summed E-state index contributed by atoms with van der Waals surface area (Å²) in [6.07, 6.45) is 1.50. The summed E-state index contributed by atoms with van der Waals surface area (Å²) in [6.45, 7) is 0. The number of rotatable bonds is 3. The van der Waals surface area contributed by atoms with E-state index in [4.69, 9.17) is 5.11 Å². The molecule has 0 spiro atoms. The third-order valence-electron chi connectivity index (χ3n) is 4.37. The molecule has 5 heteroatoms. The van der Waals surface area contributed by atoms with Gasteiger partial charge in [0.15, 0.2) is 5.78 Å². The van der Waals surface area contributed by atoms with E-state index in [0.29, 0.717) is 24.8 Å². The molecule has 0 bridgehead atoms. The van der Waals surface area contributed by atoms with Crippen LogP contribution in [0.5, 0.6) is 0 Å². The zero-order chi connectivity index (χ0) is 14.4. The molecular formula is C15H15NO4. The van der Waals surface area contributed by atoms with Gasteiger partial charge in [-0.3, -0.25) is 14.4 Å². The summed E-state index contributed by atoms with van der Waals surface area (Å²) in [4.78, 5) is 36.5. The maximum Gasteiger partial charge on any atom is 0.307 e. The molecule has 0 saturated heterocycles. The number of benzene rings is 1. The van der Waals surface area contributed by atoms with E-state index in [0.717, 1.165) is 11.3 Å². The number of likely N-dealkylation sites (N-methyl/N-ethyl adjacent to an activating group) is 1. The molecule has 2 aliphatic rings. The Kier molecular flexibility index (Phi) is 2.85. The highest BCUT2D eigenvalue weighted by Crippen LogP contribution is 2.38. The normalized spacial score (nSPS) is 24.2. The maximum atomic E-state index is 12.3. The summed E-state index contributed by atoms with van der Waals surface area (Å²) in [6, 6.07) is 5.19. The summed E-state index contributed by atoms with van der Waals surface area (Å²) >= 11 is 0. The third-order valence-corrected chi connectivity index (χ3v) is 4.37. The van der Waals surface area contributed by atoms with Gasteiger partial charge in [-0.15, -0.1) is 0 Å². The van der Waals surface area contributed by atoms with Crippen LogP contribution in [0.25, 0.3) is 0 Å². The average molecular weight is 273 g/mol. The maximum absolute atomic E-state index is 12.3. The summed E-state index contributed by atoms with van der Waals surface area (Å²) in [5.74, 6) is -1.98. The molecule has 2 unspecified atom stereocenters. The van der Waals surface area contributed by atoms with E-state index in [2.05, 4.69) is 0 Å². The van der Waals surface area contributed by atoms with Gasteiger partial charge in [0.2, 0.25) is 5.91 Å². The number of anilines is 1. The van der Waals surface area contributed by atoms with Crippen molar-refractivity contribution in [2.24, 2.45) is 11.8 Å². The number of carbonyl (C=O) groups is 3. The molecule has 1 fully saturated rings. The first-order valence-corrected chi connectivity index (χ1v) is 6.65. The molecule has 104 valence electrons. The first-order chi connectivity index (χ1) is 9.49. The van der Waals surface area contributed by atoms with Crippen LogP contribution in [0.2, 0.25) is 0 Å². The van der Waals surface area contributed by atoms with Gasteiger partial charge in [0.25, 0.3) is 0 Å². The monoisotopic (exact) mass is 273 g/mol. The van der Waals surface area contributed by atoms with Crippen molar-refractivity contribution >= 4 is 23.3 Å². The molecule has 1 N–H and O–H groups in total. The van der Waals surface area contributed by atoms with E-state index in [1.54, 1.807) is 30.1 Å². The number of aliphatic carboxylic acids is 1. The zero-order valence-corrected chi connectivity index (χ0v) is 11.1. The summed E-state index contributed by atoms with van der Waals surface area (Å²) in [7, 11) is 1.71. The quantitative estimate of drug-likeness (QED) is 0.847. The van der Waals surface area contributed by atoms with Crippen molar-refractivity contribution in [3.8, 4) is 0 Å². The van der Waals surface area contributed by atoms with Gasteiger partial charge < -0.3 is 10.0 Å². The SMILES string of the molecule is CN1C(=O)Cc2cc(C(=O)C3CCC3C(=O)O)ccc21. The molecule has 1 amide bonds. The Bertz CT molecular complexity index is 622. The number of ketones is 1. The highest BCUT2D eigenvalue weighted by Gasteiger charge is 2.41. The van der Waals surface area contributed by atoms with Crippen molar-refractivity contribution in [1.82, 2.24) is 0 Å². The second kappa shape index (κ2) is 4.44. The number of hydrogen-bond donors (Lipinski definition) is 1. The summed E-state index contributed by atoms with van der Waals surface area (Å²) in [5.41, 5.74) is 2.19. The predicted octanol–water partition coefficient (Wildman–Crippen LogP) is 1.50. The fraction of sp³-hybridized carbons (Fsp3) is 0.400. The standard InChI is InChI=1S/C15H15NO4/c1-16-12-5-2-8(6-9(12)7-13(16)17)14(18)10-3-4-11(10)15(19)20/h2,5-6,10-11H,3-4,7H2,1H3,(H,19,20). The van der Waals surface area contributed by atoms with Crippen molar-refractivity contribution < 1.29 is 19.5 Å². The topological polar surface area (TPSA) is 74.7 Å². The van der Waals surface area contributed by atoms with Crippen LogP contribution < -0.4 is 4.90 Å². The minimum Gasteiger partial charge on any atom is -0.481 e. The highest BCUT2D eigenvalue weighted by molar-refractivity contribution is 6.04. The Morgan fingerprint density at radius 2 is 1.95 bits per heavy atom. The van der Waals surface area contributed by atoms with Crippen LogP contribution in [-0.4, -0.2) is 29.8 Å². The molecular weight excluding hydrogens is 258 g/mol. The average Bonchev–Trinajstić information content (AvgIpc) is 2.62. The van der Waals surface area contributed by atoms with Crippen LogP contribution >= 0.6 is 0 Å². The Morgan fingerprint density at radius 1 is 1.25 bits per heavy atom. The first-order valence-electron chi connectivity index (χ1n) is 6.65. The molecule has 0 aromatic heterocycles. The van der Waals surface area contributed by atoms with Crippen molar-refractivity contribution in [2.75, 3.05) is 11.9 Å². The molecule has 3 rings (SSSR count). The predicted molar refractivity (Wildman–Crippen MR) is 71.7 cm³/mol. The molecule has 2 atom stereocenters. The Balaban J connectivity index is 1.86. The lowest BCUT2D eigenvalue weighted by Crippen LogP contribution is -2.38. The molecule has 1 aromatic rings. The molecule has 20 heavy (non-hydrogen) atoms. The number of carboxylic acid groups (broad SMARTS) is 1. The summed E-state index contributed by atoms with van der Waals surface area (Å²) in [5, 5.41) is 9.02. The number of nitrogens with zero attached hydrogens (tertiary/aromatic N) is 1. The van der Waals surface area contributed by atoms with Gasteiger partial charge in [-0.05, 0) is 36.6 Å². The Morgan fingerprint density at radius 3 is 2.55 bits per heavy atom. The molecule has 5 nitrogen and oxygen atoms in total. The second-order valence-corrected chi connectivity index (χ2v) is 5.47. The number of amides is 1. The van der Waals surface area contributed by atoms with Crippen LogP contribution in [0, 0.1) is 11.8 Å². The van der Waals surface area contributed by atoms with Gasteiger partial charge >= 0.3 is 5.97 Å². The number of carboxylic acids is 1. The third kappa shape index (κ3) is 1.81. The van der Waals surface area contributed by atoms with Crippen molar-refractivity contribution in [2.45, 2.75) is 19.3 Å². The van der Waals surface area contributed by atoms with Crippen LogP contribution in [-0.2, 0) is 16.0 Å². The van der Waals surface area contributed by atoms with E-state index >= 15 is 0 Å². The molecule has 1 aromatic carbocycles. The van der Waals surface area contributed by atoms with Gasteiger partial charge in [0, 0.05) is 24.2 Å². The highest BCUT2D eigenvalue weighted by atomic mass is 16.4. The van der Waals surface area contributed by atoms with Gasteiger partial charge in [0.1, 0.15) is 0 Å². The number of carbonyl (C=O) groups excluding carboxylic acids is 2. The van der Waals surface area contributed by atoms with E-state index < -0.39 is 17.8 Å². The number of Topliss-reactive ketones (excluding diaryl/α,β-unsaturated/α-hetero) is 1. The lowest BCUT2D eigenvalue weighted by atomic mass is 9.70. The van der Waals surface area contributed by atoms with Crippen molar-refractivity contribution in [1.29, 1.82) is 0 Å². The van der Waals surface area contributed by atoms with Gasteiger partial charge in [0.05, 0.1) is 12.3 Å². The summed E-state index contributed by atoms with van der Waals surface area (Å²) < 4.78 is 0. The van der Waals surface area contributed by atoms with E-state index in [1.165, 1.54) is 0 Å². The van der Waals surface area contributed by atoms with Gasteiger partial charge in [-0.2, -0.15) is 0 Å². The molecule has 1 saturated carbocycles. The molecule has 1 aliphatic heterocycles. The lowest BCUT2D eigenvalue weighted by molar-refractivity contribution is -0.146. The van der Waals surface area contributed by atoms with Crippen LogP contribution in [0.3, 0.4) is 0 Å². The molecule has 0 radical (unpaired) electrons. The largest absolute Gasteiger partial charge is 0.481 e. The van der Waals surface area contributed by atoms with Gasteiger partial charge in [-0.1, -0.05) is 0 Å². The zero-order valence-electron chi connectivity index (χ0n) is 11.1. The minimum absolute atomic E-state index is 0.0108. The molecule has 1 aliphatic carbocycles. The van der Waals surface area contributed by atoms with Crippen LogP contribution in [0.1, 0.15) is 28.8 Å². The van der Waals surface area contributed by atoms with Gasteiger partial charge in [-0.25, -0.2) is 0 Å². The van der Waals surface area contributed by atoms with E-state index in [-0.39, 0.29) is 11.7 Å². The minimum atomic E-state index is -0.898. The fourth-order valence-corrected chi connectivity index (χ4v) is 2.95. The Hall–Kier alpha value is -2.17. The van der Waals surface area contributed by atoms with E-state index in [9.17, 15) is 14.4 Å². The van der Waals surface area contributed by atoms with E-state index in [1.807, 2.05) is 0 Å². The second-order valence-electron chi connectivity index (χ2n) is 5.47. The van der Waals surface area contributed by atoms with Crippen molar-refractivity contribution in [3.05, 3.63) is 29.3 Å². The fourth-order valence-electron chi connectivity index (χ4n) is 2.95. The Labute approximate surface area is 116 Å². The van der Waals surface area contributed by atoms with Crippen LogP contribution in [0.15, 0.2) is 18.2 Å².